The minimum absolute atomic E-state index is 0.0218. The summed E-state index contributed by atoms with van der Waals surface area (Å²) in [6, 6.07) is 18.7. The molecule has 1 aromatic heterocycles. The number of carbonyl (C=O) groups is 2. The number of nitrogens with zero attached hydrogens (tertiary/aromatic N) is 3. The number of aromatic nitrogens is 1. The Morgan fingerprint density at radius 3 is 2.45 bits per heavy atom. The molecule has 0 bridgehead atoms. The molecule has 0 radical (unpaired) electrons. The highest BCUT2D eigenvalue weighted by molar-refractivity contribution is 6.09. The van der Waals surface area contributed by atoms with Gasteiger partial charge >= 0.3 is 0 Å². The molecule has 2 aromatic carbocycles. The predicted molar refractivity (Wildman–Crippen MR) is 122 cm³/mol. The zero-order valence-corrected chi connectivity index (χ0v) is 17.3. The van der Waals surface area contributed by atoms with Gasteiger partial charge in [0.2, 0.25) is 0 Å². The fourth-order valence-corrected chi connectivity index (χ4v) is 4.35. The van der Waals surface area contributed by atoms with Gasteiger partial charge in [-0.3, -0.25) is 9.59 Å². The fourth-order valence-electron chi connectivity index (χ4n) is 4.35. The van der Waals surface area contributed by atoms with Gasteiger partial charge in [0.15, 0.2) is 0 Å². The number of nitrogens with one attached hydrogen (secondary N) is 1. The molecule has 3 heterocycles. The molecule has 2 aliphatic rings. The smallest absolute Gasteiger partial charge is 0.259 e. The van der Waals surface area contributed by atoms with Gasteiger partial charge in [0.1, 0.15) is 5.82 Å². The Kier molecular flexibility index (Phi) is 5.12. The van der Waals surface area contributed by atoms with Gasteiger partial charge in [-0.2, -0.15) is 0 Å². The highest BCUT2D eigenvalue weighted by Crippen LogP contribution is 2.29. The second-order valence-corrected chi connectivity index (χ2v) is 7.94. The van der Waals surface area contributed by atoms with Crippen molar-refractivity contribution in [3.63, 3.8) is 0 Å². The van der Waals surface area contributed by atoms with Crippen molar-refractivity contribution in [2.24, 2.45) is 0 Å². The van der Waals surface area contributed by atoms with Crippen LogP contribution in [-0.4, -0.2) is 36.4 Å². The number of benzene rings is 2. The van der Waals surface area contributed by atoms with Crippen LogP contribution in [0.4, 0.5) is 17.2 Å². The summed E-state index contributed by atoms with van der Waals surface area (Å²) >= 11 is 0. The first-order chi connectivity index (χ1) is 15.2. The topological polar surface area (TPSA) is 65.5 Å². The molecule has 5 rings (SSSR count). The normalized spacial score (nSPS) is 15.1. The van der Waals surface area contributed by atoms with Gasteiger partial charge in [-0.25, -0.2) is 4.98 Å². The summed E-state index contributed by atoms with van der Waals surface area (Å²) < 4.78 is 0. The molecule has 31 heavy (non-hydrogen) atoms. The molecule has 2 amide bonds. The average Bonchev–Trinajstić information content (AvgIpc) is 3.49. The second kappa shape index (κ2) is 8.22. The van der Waals surface area contributed by atoms with Crippen LogP contribution >= 0.6 is 0 Å². The van der Waals surface area contributed by atoms with Gasteiger partial charge in [0, 0.05) is 42.8 Å². The van der Waals surface area contributed by atoms with E-state index in [0.717, 1.165) is 43.9 Å². The predicted octanol–water partition coefficient (Wildman–Crippen LogP) is 4.14. The maximum Gasteiger partial charge on any atom is 0.259 e. The molecule has 1 N–H and O–H groups in total. The first-order valence-corrected chi connectivity index (χ1v) is 10.7. The van der Waals surface area contributed by atoms with Crippen molar-refractivity contribution in [1.82, 2.24) is 4.98 Å². The van der Waals surface area contributed by atoms with Crippen LogP contribution in [0.3, 0.4) is 0 Å². The van der Waals surface area contributed by atoms with Crippen LogP contribution in [0.2, 0.25) is 0 Å². The van der Waals surface area contributed by atoms with E-state index in [1.807, 2.05) is 23.1 Å². The minimum atomic E-state index is -0.192. The highest BCUT2D eigenvalue weighted by atomic mass is 16.2. The summed E-state index contributed by atoms with van der Waals surface area (Å²) in [5.74, 6) is 0.519. The Hall–Kier alpha value is -3.67. The van der Waals surface area contributed by atoms with Crippen molar-refractivity contribution in [1.29, 1.82) is 0 Å². The van der Waals surface area contributed by atoms with Gasteiger partial charge < -0.3 is 15.1 Å². The Morgan fingerprint density at radius 2 is 1.65 bits per heavy atom. The largest absolute Gasteiger partial charge is 0.356 e. The summed E-state index contributed by atoms with van der Waals surface area (Å²) in [5.41, 5.74) is 4.01. The molecule has 1 fully saturated rings. The van der Waals surface area contributed by atoms with Crippen LogP contribution in [-0.2, 0) is 6.42 Å². The van der Waals surface area contributed by atoms with Gasteiger partial charge in [0.25, 0.3) is 11.8 Å². The SMILES string of the molecule is O=C(Nc1ccc(C(=O)N2CCc3ccccc32)cc1)c1cccnc1N1CCCC1. The first-order valence-electron chi connectivity index (χ1n) is 10.7. The number of hydrogen-bond acceptors (Lipinski definition) is 4. The molecule has 3 aromatic rings. The Balaban J connectivity index is 1.30. The molecular weight excluding hydrogens is 388 g/mol. The van der Waals surface area contributed by atoms with Crippen LogP contribution in [0.5, 0.6) is 0 Å². The zero-order chi connectivity index (χ0) is 21.2. The maximum absolute atomic E-state index is 13.0. The molecule has 0 unspecified atom stereocenters. The van der Waals surface area contributed by atoms with E-state index in [0.29, 0.717) is 23.4 Å². The molecule has 0 aliphatic carbocycles. The van der Waals surface area contributed by atoms with Crippen LogP contribution in [0.25, 0.3) is 0 Å². The maximum atomic E-state index is 13.0. The van der Waals surface area contributed by atoms with Crippen LogP contribution in [0.1, 0.15) is 39.1 Å². The first kappa shape index (κ1) is 19.3. The van der Waals surface area contributed by atoms with E-state index < -0.39 is 0 Å². The molecule has 156 valence electrons. The number of fused-ring (bicyclic) bond motifs is 1. The van der Waals surface area contributed by atoms with Gasteiger partial charge in [-0.15, -0.1) is 0 Å². The molecule has 0 saturated carbocycles. The molecule has 6 nitrogen and oxygen atoms in total. The van der Waals surface area contributed by atoms with E-state index in [4.69, 9.17) is 0 Å². The number of pyridine rings is 1. The molecular formula is C25H24N4O2. The Labute approximate surface area is 181 Å². The summed E-state index contributed by atoms with van der Waals surface area (Å²) in [6.45, 7) is 2.54. The van der Waals surface area contributed by atoms with Gasteiger partial charge in [-0.05, 0) is 67.3 Å². The lowest BCUT2D eigenvalue weighted by atomic mass is 10.1. The number of amides is 2. The van der Waals surface area contributed by atoms with E-state index in [1.165, 1.54) is 5.56 Å². The van der Waals surface area contributed by atoms with E-state index in [2.05, 4.69) is 21.3 Å². The lowest BCUT2D eigenvalue weighted by Crippen LogP contribution is -2.28. The average molecular weight is 412 g/mol. The summed E-state index contributed by atoms with van der Waals surface area (Å²) in [5, 5.41) is 2.94. The molecule has 0 spiro atoms. The number of hydrogen-bond donors (Lipinski definition) is 1. The molecule has 2 aliphatic heterocycles. The van der Waals surface area contributed by atoms with Crippen molar-refractivity contribution < 1.29 is 9.59 Å². The molecule has 6 heteroatoms. The van der Waals surface area contributed by atoms with Crippen molar-refractivity contribution in [2.75, 3.05) is 34.8 Å². The van der Waals surface area contributed by atoms with Gasteiger partial charge in [-0.1, -0.05) is 18.2 Å². The van der Waals surface area contributed by atoms with Gasteiger partial charge in [0.05, 0.1) is 5.56 Å². The third-order valence-corrected chi connectivity index (χ3v) is 5.96. The van der Waals surface area contributed by atoms with E-state index >= 15 is 0 Å². The highest BCUT2D eigenvalue weighted by Gasteiger charge is 2.25. The third-order valence-electron chi connectivity index (χ3n) is 5.96. The summed E-state index contributed by atoms with van der Waals surface area (Å²) in [6.07, 6.45) is 4.84. The van der Waals surface area contributed by atoms with Crippen molar-refractivity contribution in [2.45, 2.75) is 19.3 Å². The summed E-state index contributed by atoms with van der Waals surface area (Å²) in [4.78, 5) is 34.3. The number of para-hydroxylation sites is 1. The Morgan fingerprint density at radius 1 is 0.871 bits per heavy atom. The lowest BCUT2D eigenvalue weighted by Gasteiger charge is -2.19. The minimum Gasteiger partial charge on any atom is -0.356 e. The Bertz CT molecular complexity index is 1120. The van der Waals surface area contributed by atoms with E-state index in [9.17, 15) is 9.59 Å². The van der Waals surface area contributed by atoms with Crippen molar-refractivity contribution in [3.8, 4) is 0 Å². The van der Waals surface area contributed by atoms with Crippen molar-refractivity contribution >= 4 is 29.0 Å². The van der Waals surface area contributed by atoms with E-state index in [-0.39, 0.29) is 11.8 Å². The number of rotatable bonds is 4. The fraction of sp³-hybridized carbons (Fsp3) is 0.240. The lowest BCUT2D eigenvalue weighted by molar-refractivity contribution is 0.0988. The van der Waals surface area contributed by atoms with Crippen LogP contribution in [0, 0.1) is 0 Å². The third kappa shape index (κ3) is 3.77. The second-order valence-electron chi connectivity index (χ2n) is 7.94. The van der Waals surface area contributed by atoms with E-state index in [1.54, 1.807) is 42.6 Å². The monoisotopic (exact) mass is 412 g/mol. The molecule has 1 saturated heterocycles. The van der Waals surface area contributed by atoms with Crippen LogP contribution < -0.4 is 15.1 Å². The van der Waals surface area contributed by atoms with Crippen molar-refractivity contribution in [3.05, 3.63) is 83.6 Å². The standard InChI is InChI=1S/C25H24N4O2/c30-24(21-7-5-14-26-23(21)28-15-3-4-16-28)27-20-11-9-19(10-12-20)25(31)29-17-13-18-6-1-2-8-22(18)29/h1-2,5-12,14H,3-4,13,15-17H2,(H,27,30). The number of carbonyl (C=O) groups excluding carboxylic acids is 2. The molecule has 0 atom stereocenters. The quantitative estimate of drug-likeness (QED) is 0.700. The zero-order valence-electron chi connectivity index (χ0n) is 17.3. The summed E-state index contributed by atoms with van der Waals surface area (Å²) in [7, 11) is 0. The number of anilines is 3. The van der Waals surface area contributed by atoms with Crippen LogP contribution in [0.15, 0.2) is 66.9 Å².